The minimum absolute atomic E-state index is 0.126. The van der Waals surface area contributed by atoms with Gasteiger partial charge in [0.1, 0.15) is 0 Å². The van der Waals surface area contributed by atoms with Crippen LogP contribution in [-0.2, 0) is 11.2 Å². The van der Waals surface area contributed by atoms with Gasteiger partial charge in [0.25, 0.3) is 0 Å². The Kier molecular flexibility index (Phi) is 6.30. The Balaban J connectivity index is 2.04. The highest BCUT2D eigenvalue weighted by Crippen LogP contribution is 2.30. The first kappa shape index (κ1) is 15.8. The van der Waals surface area contributed by atoms with Crippen molar-refractivity contribution >= 4 is 11.6 Å². The first-order valence-electron chi connectivity index (χ1n) is 7.48. The van der Waals surface area contributed by atoms with Crippen molar-refractivity contribution in [1.82, 2.24) is 5.43 Å². The van der Waals surface area contributed by atoms with Crippen molar-refractivity contribution < 1.29 is 4.74 Å². The summed E-state index contributed by atoms with van der Waals surface area (Å²) in [5.41, 5.74) is 4.14. The van der Waals surface area contributed by atoms with Crippen LogP contribution < -0.4 is 11.3 Å². The van der Waals surface area contributed by atoms with Crippen molar-refractivity contribution in [3.8, 4) is 0 Å². The first-order chi connectivity index (χ1) is 9.74. The van der Waals surface area contributed by atoms with Gasteiger partial charge in [0, 0.05) is 12.1 Å². The van der Waals surface area contributed by atoms with Crippen molar-refractivity contribution in [2.45, 2.75) is 50.7 Å². The van der Waals surface area contributed by atoms with E-state index in [1.54, 1.807) is 7.11 Å². The van der Waals surface area contributed by atoms with Crippen molar-refractivity contribution in [2.24, 2.45) is 11.8 Å². The second-order valence-electron chi connectivity index (χ2n) is 5.71. The van der Waals surface area contributed by atoms with Crippen LogP contribution in [0.2, 0.25) is 5.02 Å². The van der Waals surface area contributed by atoms with E-state index in [1.807, 2.05) is 18.2 Å². The first-order valence-corrected chi connectivity index (χ1v) is 7.85. The number of nitrogens with two attached hydrogens (primary N) is 1. The molecule has 1 aromatic rings. The summed E-state index contributed by atoms with van der Waals surface area (Å²) >= 11 is 6.05. The van der Waals surface area contributed by atoms with Crippen LogP contribution in [0.25, 0.3) is 0 Å². The van der Waals surface area contributed by atoms with E-state index in [2.05, 4.69) is 11.5 Å². The molecular formula is C16H25ClN2O. The van der Waals surface area contributed by atoms with Gasteiger partial charge in [-0.25, -0.2) is 0 Å². The van der Waals surface area contributed by atoms with Crippen molar-refractivity contribution in [1.29, 1.82) is 0 Å². The summed E-state index contributed by atoms with van der Waals surface area (Å²) in [4.78, 5) is 0. The second-order valence-corrected chi connectivity index (χ2v) is 6.14. The SMILES string of the molecule is COC(C1CCCCC1)C(Cc1cccc(Cl)c1)NN. The molecule has 0 aromatic heterocycles. The second kappa shape index (κ2) is 7.99. The molecule has 2 atom stereocenters. The average molecular weight is 297 g/mol. The predicted octanol–water partition coefficient (Wildman–Crippen LogP) is 3.31. The quantitative estimate of drug-likeness (QED) is 0.625. The summed E-state index contributed by atoms with van der Waals surface area (Å²) in [5.74, 6) is 6.38. The molecule has 4 heteroatoms. The molecule has 3 N–H and O–H groups in total. The molecule has 1 aliphatic rings. The highest BCUT2D eigenvalue weighted by atomic mass is 35.5. The van der Waals surface area contributed by atoms with E-state index in [9.17, 15) is 0 Å². The fourth-order valence-corrected chi connectivity index (χ4v) is 3.55. The van der Waals surface area contributed by atoms with Crippen molar-refractivity contribution in [3.05, 3.63) is 34.9 Å². The molecule has 112 valence electrons. The summed E-state index contributed by atoms with van der Waals surface area (Å²) in [6.45, 7) is 0. The number of ether oxygens (including phenoxy) is 1. The van der Waals surface area contributed by atoms with E-state index in [0.29, 0.717) is 5.92 Å². The van der Waals surface area contributed by atoms with Gasteiger partial charge in [-0.1, -0.05) is 43.0 Å². The molecule has 1 saturated carbocycles. The van der Waals surface area contributed by atoms with Crippen LogP contribution >= 0.6 is 11.6 Å². The van der Waals surface area contributed by atoms with Crippen LogP contribution in [-0.4, -0.2) is 19.3 Å². The van der Waals surface area contributed by atoms with Gasteiger partial charge in [-0.3, -0.25) is 11.3 Å². The van der Waals surface area contributed by atoms with Gasteiger partial charge < -0.3 is 4.74 Å². The van der Waals surface area contributed by atoms with E-state index in [4.69, 9.17) is 22.2 Å². The highest BCUT2D eigenvalue weighted by Gasteiger charge is 2.30. The van der Waals surface area contributed by atoms with E-state index >= 15 is 0 Å². The standard InChI is InChI=1S/C16H25ClN2O/c1-20-16(13-7-3-2-4-8-13)15(19-18)11-12-6-5-9-14(17)10-12/h5-6,9-10,13,15-16,19H,2-4,7-8,11,18H2,1H3. The van der Waals surface area contributed by atoms with Gasteiger partial charge in [0.2, 0.25) is 0 Å². The molecule has 0 amide bonds. The molecule has 3 nitrogen and oxygen atoms in total. The molecule has 2 unspecified atom stereocenters. The molecule has 1 aliphatic carbocycles. The Morgan fingerprint density at radius 1 is 1.35 bits per heavy atom. The third-order valence-electron chi connectivity index (χ3n) is 4.34. The lowest BCUT2D eigenvalue weighted by Gasteiger charge is -2.34. The zero-order valence-corrected chi connectivity index (χ0v) is 12.9. The monoisotopic (exact) mass is 296 g/mol. The summed E-state index contributed by atoms with van der Waals surface area (Å²) in [5, 5.41) is 0.768. The third kappa shape index (κ3) is 4.19. The molecule has 2 rings (SSSR count). The Labute approximate surface area is 126 Å². The van der Waals surface area contributed by atoms with Crippen molar-refractivity contribution in [2.75, 3.05) is 7.11 Å². The maximum Gasteiger partial charge on any atom is 0.0769 e. The molecule has 1 fully saturated rings. The maximum absolute atomic E-state index is 6.05. The molecule has 0 heterocycles. The van der Waals surface area contributed by atoms with Crippen LogP contribution in [0.4, 0.5) is 0 Å². The van der Waals surface area contributed by atoms with Gasteiger partial charge in [0.15, 0.2) is 0 Å². The van der Waals surface area contributed by atoms with Crippen LogP contribution in [0.1, 0.15) is 37.7 Å². The van der Waals surface area contributed by atoms with Crippen LogP contribution in [0.5, 0.6) is 0 Å². The molecule has 0 aliphatic heterocycles. The van der Waals surface area contributed by atoms with E-state index < -0.39 is 0 Å². The Bertz CT molecular complexity index is 407. The number of hydrogen-bond donors (Lipinski definition) is 2. The Morgan fingerprint density at radius 2 is 2.10 bits per heavy atom. The summed E-state index contributed by atoms with van der Waals surface area (Å²) < 4.78 is 5.77. The van der Waals surface area contributed by atoms with Crippen molar-refractivity contribution in [3.63, 3.8) is 0 Å². The number of rotatable bonds is 6. The summed E-state index contributed by atoms with van der Waals surface area (Å²) in [6.07, 6.45) is 7.45. The lowest BCUT2D eigenvalue weighted by atomic mass is 9.81. The average Bonchev–Trinajstić information content (AvgIpc) is 2.48. The molecule has 20 heavy (non-hydrogen) atoms. The Hall–Kier alpha value is -0.610. The van der Waals surface area contributed by atoms with Gasteiger partial charge in [-0.15, -0.1) is 0 Å². The van der Waals surface area contributed by atoms with Gasteiger partial charge in [-0.05, 0) is 42.9 Å². The highest BCUT2D eigenvalue weighted by molar-refractivity contribution is 6.30. The van der Waals surface area contributed by atoms with E-state index in [-0.39, 0.29) is 12.1 Å². The Morgan fingerprint density at radius 3 is 2.70 bits per heavy atom. The smallest absolute Gasteiger partial charge is 0.0769 e. The number of hydrazine groups is 1. The minimum atomic E-state index is 0.126. The van der Waals surface area contributed by atoms with E-state index in [0.717, 1.165) is 11.4 Å². The molecule has 1 aromatic carbocycles. The number of benzene rings is 1. The zero-order valence-electron chi connectivity index (χ0n) is 12.1. The topological polar surface area (TPSA) is 47.3 Å². The van der Waals surface area contributed by atoms with E-state index in [1.165, 1.54) is 37.7 Å². The van der Waals surface area contributed by atoms with Gasteiger partial charge in [-0.2, -0.15) is 0 Å². The number of methoxy groups -OCH3 is 1. The lowest BCUT2D eigenvalue weighted by Crippen LogP contribution is -2.49. The fraction of sp³-hybridized carbons (Fsp3) is 0.625. The van der Waals surface area contributed by atoms with Crippen LogP contribution in [0.15, 0.2) is 24.3 Å². The largest absolute Gasteiger partial charge is 0.379 e. The van der Waals surface area contributed by atoms with Crippen LogP contribution in [0, 0.1) is 5.92 Å². The van der Waals surface area contributed by atoms with Gasteiger partial charge in [0.05, 0.1) is 12.1 Å². The molecule has 0 radical (unpaired) electrons. The lowest BCUT2D eigenvalue weighted by molar-refractivity contribution is 0.00827. The minimum Gasteiger partial charge on any atom is -0.379 e. The number of hydrogen-bond acceptors (Lipinski definition) is 3. The zero-order chi connectivity index (χ0) is 14.4. The molecule has 0 saturated heterocycles. The molecule has 0 bridgehead atoms. The normalized spacial score (nSPS) is 19.8. The molecule has 0 spiro atoms. The fourth-order valence-electron chi connectivity index (χ4n) is 3.34. The number of halogens is 1. The van der Waals surface area contributed by atoms with Gasteiger partial charge >= 0.3 is 0 Å². The van der Waals surface area contributed by atoms with Crippen LogP contribution in [0.3, 0.4) is 0 Å². The number of nitrogens with one attached hydrogen (secondary N) is 1. The summed E-state index contributed by atoms with van der Waals surface area (Å²) in [6, 6.07) is 8.09. The summed E-state index contributed by atoms with van der Waals surface area (Å²) in [7, 11) is 1.79. The molecular weight excluding hydrogens is 272 g/mol. The maximum atomic E-state index is 6.05. The third-order valence-corrected chi connectivity index (χ3v) is 4.58. The predicted molar refractivity (Wildman–Crippen MR) is 83.6 cm³/mol.